The highest BCUT2D eigenvalue weighted by molar-refractivity contribution is 7.85. The van der Waals surface area contributed by atoms with Gasteiger partial charge in [0, 0.05) is 35.6 Å². The van der Waals surface area contributed by atoms with Gasteiger partial charge in [-0.3, -0.25) is 4.55 Å². The molecule has 0 bridgehead atoms. The van der Waals surface area contributed by atoms with Gasteiger partial charge in [-0.1, -0.05) is 20.8 Å². The van der Waals surface area contributed by atoms with E-state index in [1.54, 1.807) is 35.3 Å². The predicted molar refractivity (Wildman–Crippen MR) is 112 cm³/mol. The van der Waals surface area contributed by atoms with Gasteiger partial charge in [0.15, 0.2) is 12.4 Å². The fraction of sp³-hybridized carbons (Fsp3) is 0.667. The first-order valence-electron chi connectivity index (χ1n) is 10.3. The number of aromatic nitrogens is 1. The van der Waals surface area contributed by atoms with Crippen LogP contribution in [0.5, 0.6) is 0 Å². The van der Waals surface area contributed by atoms with Gasteiger partial charge in [0.05, 0.1) is 5.75 Å². The van der Waals surface area contributed by atoms with Crippen molar-refractivity contribution in [3.8, 4) is 6.26 Å². The van der Waals surface area contributed by atoms with Gasteiger partial charge >= 0.3 is 6.09 Å². The highest BCUT2D eigenvalue weighted by atomic mass is 32.2. The molecule has 31 heavy (non-hydrogen) atoms. The van der Waals surface area contributed by atoms with Gasteiger partial charge in [0.2, 0.25) is 0 Å². The first-order valence-corrected chi connectivity index (χ1v) is 11.9. The molecule has 1 fully saturated rings. The standard InChI is InChI=1S/C21H31N3O6S/c1-20(2)11-18(12-21(3,14-20)15-29-16-22)23-19(25)30-13-17-5-8-24(9-6-17)7-4-10-31(26,27)28/h5-6,8-9,18H,4,7,10-15H2,1-3H3,(H-,23,25,26,27,28)/p+1. The quantitative estimate of drug-likeness (QED) is 0.333. The predicted octanol–water partition coefficient (Wildman–Crippen LogP) is 2.56. The summed E-state index contributed by atoms with van der Waals surface area (Å²) in [5, 5.41) is 11.7. The van der Waals surface area contributed by atoms with E-state index in [4.69, 9.17) is 19.3 Å². The highest BCUT2D eigenvalue weighted by Gasteiger charge is 2.42. The first kappa shape index (κ1) is 24.9. The molecule has 2 N–H and O–H groups in total. The van der Waals surface area contributed by atoms with E-state index in [1.807, 2.05) is 0 Å². The largest absolute Gasteiger partial charge is 0.445 e. The van der Waals surface area contributed by atoms with Crippen LogP contribution in [0.4, 0.5) is 4.79 Å². The number of hydrogen-bond donors (Lipinski definition) is 2. The number of rotatable bonds is 9. The van der Waals surface area contributed by atoms with Crippen LogP contribution >= 0.6 is 0 Å². The molecule has 2 rings (SSSR count). The summed E-state index contributed by atoms with van der Waals surface area (Å²) in [6, 6.07) is 3.52. The normalized spacial score (nSPS) is 22.9. The summed E-state index contributed by atoms with van der Waals surface area (Å²) in [6.07, 6.45) is 7.52. The summed E-state index contributed by atoms with van der Waals surface area (Å²) in [5.41, 5.74) is 0.613. The minimum absolute atomic E-state index is 0.00613. The molecule has 0 spiro atoms. The number of alkyl carbamates (subject to hydrolysis) is 1. The van der Waals surface area contributed by atoms with Crippen LogP contribution in [-0.2, 0) is 32.7 Å². The Bertz CT molecular complexity index is 895. The lowest BCUT2D eigenvalue weighted by atomic mass is 9.63. The number of hydrogen-bond acceptors (Lipinski definition) is 6. The van der Waals surface area contributed by atoms with E-state index in [-0.39, 0.29) is 29.2 Å². The van der Waals surface area contributed by atoms with Gasteiger partial charge in [-0.05, 0) is 24.7 Å². The van der Waals surface area contributed by atoms with Gasteiger partial charge in [-0.25, -0.2) is 9.36 Å². The SMILES string of the molecule is CC1(C)CC(NC(=O)OCc2cc[n+](CCCS(=O)(=O)O)cc2)CC(C)(COC#N)C1. The van der Waals surface area contributed by atoms with Crippen LogP contribution in [0.3, 0.4) is 0 Å². The number of carbonyl (C=O) groups excluding carboxylic acids is 1. The molecule has 2 atom stereocenters. The summed E-state index contributed by atoms with van der Waals surface area (Å²) in [6.45, 7) is 7.25. The molecule has 10 heteroatoms. The van der Waals surface area contributed by atoms with E-state index in [1.165, 1.54) is 0 Å². The molecule has 0 radical (unpaired) electrons. The molecule has 1 saturated carbocycles. The molecule has 172 valence electrons. The van der Waals surface area contributed by atoms with E-state index in [0.717, 1.165) is 18.4 Å². The van der Waals surface area contributed by atoms with Crippen LogP contribution in [-0.4, -0.2) is 37.5 Å². The monoisotopic (exact) mass is 454 g/mol. The molecule has 0 aromatic carbocycles. The maximum absolute atomic E-state index is 12.3. The molecule has 1 amide bonds. The first-order chi connectivity index (χ1) is 14.4. The Hall–Kier alpha value is -2.38. The van der Waals surface area contributed by atoms with E-state index in [0.29, 0.717) is 26.0 Å². The number of nitrogens with zero attached hydrogens (tertiary/aromatic N) is 2. The summed E-state index contributed by atoms with van der Waals surface area (Å²) in [4.78, 5) is 12.3. The Labute approximate surface area is 184 Å². The number of aryl methyl sites for hydroxylation is 1. The number of nitriles is 1. The van der Waals surface area contributed by atoms with Crippen LogP contribution in [0, 0.1) is 22.3 Å². The molecule has 0 saturated heterocycles. The number of nitrogens with one attached hydrogen (secondary N) is 1. The number of amides is 1. The average molecular weight is 455 g/mol. The van der Waals surface area contributed by atoms with Crippen molar-refractivity contribution in [2.45, 2.75) is 65.6 Å². The van der Waals surface area contributed by atoms with Crippen molar-refractivity contribution in [2.24, 2.45) is 10.8 Å². The van der Waals surface area contributed by atoms with Crippen molar-refractivity contribution < 1.29 is 31.8 Å². The maximum Gasteiger partial charge on any atom is 0.407 e. The summed E-state index contributed by atoms with van der Waals surface area (Å²) >= 11 is 0. The lowest BCUT2D eigenvalue weighted by molar-refractivity contribution is -0.696. The Morgan fingerprint density at radius 3 is 2.61 bits per heavy atom. The second-order valence-electron chi connectivity index (χ2n) is 9.44. The third kappa shape index (κ3) is 9.11. The summed E-state index contributed by atoms with van der Waals surface area (Å²) in [7, 11) is -3.95. The maximum atomic E-state index is 12.3. The molecule has 1 aliphatic rings. The van der Waals surface area contributed by atoms with Gasteiger partial charge in [0.25, 0.3) is 16.4 Å². The average Bonchev–Trinajstić information content (AvgIpc) is 2.63. The third-order valence-corrected chi connectivity index (χ3v) is 6.20. The Kier molecular flexibility index (Phi) is 8.26. The van der Waals surface area contributed by atoms with Crippen LogP contribution < -0.4 is 9.88 Å². The van der Waals surface area contributed by atoms with Crippen molar-refractivity contribution in [3.63, 3.8) is 0 Å². The molecule has 1 aliphatic carbocycles. The smallest absolute Gasteiger partial charge is 0.407 e. The Morgan fingerprint density at radius 2 is 2.00 bits per heavy atom. The number of pyridine rings is 1. The highest BCUT2D eigenvalue weighted by Crippen LogP contribution is 2.46. The van der Waals surface area contributed by atoms with Crippen LogP contribution in [0.1, 0.15) is 52.0 Å². The van der Waals surface area contributed by atoms with Gasteiger partial charge < -0.3 is 14.8 Å². The van der Waals surface area contributed by atoms with E-state index in [2.05, 4.69) is 26.1 Å². The van der Waals surface area contributed by atoms with Gasteiger partial charge in [0.1, 0.15) is 19.8 Å². The second-order valence-corrected chi connectivity index (χ2v) is 11.0. The molecule has 1 heterocycles. The minimum Gasteiger partial charge on any atom is -0.445 e. The van der Waals surface area contributed by atoms with E-state index in [9.17, 15) is 13.2 Å². The zero-order valence-corrected chi connectivity index (χ0v) is 19.2. The zero-order chi connectivity index (χ0) is 23.1. The fourth-order valence-corrected chi connectivity index (χ4v) is 5.07. The molecule has 9 nitrogen and oxygen atoms in total. The van der Waals surface area contributed by atoms with Crippen LogP contribution in [0.2, 0.25) is 0 Å². The summed E-state index contributed by atoms with van der Waals surface area (Å²) < 4.78 is 42.4. The fourth-order valence-electron chi connectivity index (χ4n) is 4.57. The van der Waals surface area contributed by atoms with Gasteiger partial charge in [-0.15, -0.1) is 0 Å². The van der Waals surface area contributed by atoms with Crippen LogP contribution in [0.15, 0.2) is 24.5 Å². The van der Waals surface area contributed by atoms with Crippen molar-refractivity contribution in [2.75, 3.05) is 12.4 Å². The minimum atomic E-state index is -3.95. The molecule has 0 aliphatic heterocycles. The molecule has 1 aromatic heterocycles. The summed E-state index contributed by atoms with van der Waals surface area (Å²) in [5.74, 6) is -0.287. The van der Waals surface area contributed by atoms with E-state index < -0.39 is 16.2 Å². The molecule has 2 unspecified atom stereocenters. The zero-order valence-electron chi connectivity index (χ0n) is 18.3. The van der Waals surface area contributed by atoms with Crippen molar-refractivity contribution in [1.29, 1.82) is 5.26 Å². The van der Waals surface area contributed by atoms with Gasteiger partial charge in [-0.2, -0.15) is 13.7 Å². The van der Waals surface area contributed by atoms with E-state index >= 15 is 0 Å². The number of ether oxygens (including phenoxy) is 2. The Morgan fingerprint density at radius 1 is 1.32 bits per heavy atom. The molecule has 1 aromatic rings. The lowest BCUT2D eigenvalue weighted by Gasteiger charge is -2.45. The third-order valence-electron chi connectivity index (χ3n) is 5.40. The van der Waals surface area contributed by atoms with Crippen molar-refractivity contribution >= 4 is 16.2 Å². The second kappa shape index (κ2) is 10.3. The van der Waals surface area contributed by atoms with Crippen molar-refractivity contribution in [3.05, 3.63) is 30.1 Å². The lowest BCUT2D eigenvalue weighted by Crippen LogP contribution is -2.48. The molecular weight excluding hydrogens is 422 g/mol. The van der Waals surface area contributed by atoms with Crippen LogP contribution in [0.25, 0.3) is 0 Å². The molecular formula is C21H32N3O6S+. The Balaban J connectivity index is 1.82. The number of carbonyl (C=O) groups is 1. The topological polar surface area (TPSA) is 130 Å². The van der Waals surface area contributed by atoms with Crippen molar-refractivity contribution in [1.82, 2.24) is 5.32 Å².